The summed E-state index contributed by atoms with van der Waals surface area (Å²) in [5, 5.41) is 8.77. The molecule has 1 fully saturated rings. The SMILES string of the molecule is COc1cc(O[C@@H]2CO[C@@H](C(=O)O)C2)ccn1. The first-order valence-electron chi connectivity index (χ1n) is 5.20. The summed E-state index contributed by atoms with van der Waals surface area (Å²) < 4.78 is 15.6. The van der Waals surface area contributed by atoms with E-state index in [0.29, 0.717) is 18.1 Å². The predicted octanol–water partition coefficient (Wildman–Crippen LogP) is 0.711. The summed E-state index contributed by atoms with van der Waals surface area (Å²) in [7, 11) is 1.52. The van der Waals surface area contributed by atoms with E-state index < -0.39 is 12.1 Å². The molecule has 1 aromatic rings. The fourth-order valence-corrected chi connectivity index (χ4v) is 1.62. The molecule has 1 N–H and O–H groups in total. The van der Waals surface area contributed by atoms with Crippen molar-refractivity contribution in [3.8, 4) is 11.6 Å². The van der Waals surface area contributed by atoms with Gasteiger partial charge in [0.1, 0.15) is 11.9 Å². The minimum absolute atomic E-state index is 0.247. The number of carboxylic acid groups (broad SMARTS) is 1. The zero-order valence-electron chi connectivity index (χ0n) is 9.33. The third kappa shape index (κ3) is 2.85. The van der Waals surface area contributed by atoms with E-state index in [1.54, 1.807) is 18.3 Å². The molecule has 1 aliphatic heterocycles. The Morgan fingerprint density at radius 3 is 3.12 bits per heavy atom. The van der Waals surface area contributed by atoms with E-state index in [1.807, 2.05) is 0 Å². The maximum atomic E-state index is 10.7. The molecule has 2 atom stereocenters. The standard InChI is InChI=1S/C11H13NO5/c1-15-10-5-7(2-3-12-10)17-8-4-9(11(13)14)16-6-8/h2-3,5,8-9H,4,6H2,1H3,(H,13,14)/t8-,9+/m0/s1. The van der Waals surface area contributed by atoms with Crippen LogP contribution in [0.15, 0.2) is 18.3 Å². The van der Waals surface area contributed by atoms with Crippen LogP contribution in [0.3, 0.4) is 0 Å². The lowest BCUT2D eigenvalue weighted by Gasteiger charge is -2.11. The Balaban J connectivity index is 1.95. The molecule has 0 spiro atoms. The van der Waals surface area contributed by atoms with E-state index in [-0.39, 0.29) is 12.7 Å². The minimum Gasteiger partial charge on any atom is -0.488 e. The van der Waals surface area contributed by atoms with Crippen molar-refractivity contribution in [2.24, 2.45) is 0 Å². The monoisotopic (exact) mass is 239 g/mol. The minimum atomic E-state index is -0.955. The van der Waals surface area contributed by atoms with Crippen LogP contribution in [0, 0.1) is 0 Å². The molecular weight excluding hydrogens is 226 g/mol. The third-order valence-electron chi connectivity index (χ3n) is 2.45. The molecule has 0 amide bonds. The van der Waals surface area contributed by atoms with Gasteiger partial charge in [-0.25, -0.2) is 9.78 Å². The fraction of sp³-hybridized carbons (Fsp3) is 0.455. The lowest BCUT2D eigenvalue weighted by molar-refractivity contribution is -0.147. The predicted molar refractivity (Wildman–Crippen MR) is 57.2 cm³/mol. The van der Waals surface area contributed by atoms with Gasteiger partial charge in [0.05, 0.1) is 13.7 Å². The van der Waals surface area contributed by atoms with Gasteiger partial charge in [-0.2, -0.15) is 0 Å². The molecule has 2 heterocycles. The number of aliphatic carboxylic acids is 1. The number of hydrogen-bond acceptors (Lipinski definition) is 5. The van der Waals surface area contributed by atoms with Gasteiger partial charge >= 0.3 is 5.97 Å². The van der Waals surface area contributed by atoms with Crippen molar-refractivity contribution in [1.82, 2.24) is 4.98 Å². The van der Waals surface area contributed by atoms with Crippen LogP contribution in [-0.2, 0) is 9.53 Å². The van der Waals surface area contributed by atoms with E-state index in [9.17, 15) is 4.79 Å². The van der Waals surface area contributed by atoms with Gasteiger partial charge in [-0.3, -0.25) is 0 Å². The van der Waals surface area contributed by atoms with Crippen LogP contribution < -0.4 is 9.47 Å². The highest BCUT2D eigenvalue weighted by Gasteiger charge is 2.32. The Hall–Kier alpha value is -1.82. The lowest BCUT2D eigenvalue weighted by Crippen LogP contribution is -2.20. The van der Waals surface area contributed by atoms with Crippen LogP contribution >= 0.6 is 0 Å². The van der Waals surface area contributed by atoms with E-state index in [0.717, 1.165) is 0 Å². The summed E-state index contributed by atoms with van der Waals surface area (Å²) >= 11 is 0. The highest BCUT2D eigenvalue weighted by molar-refractivity contribution is 5.72. The normalized spacial score (nSPS) is 23.4. The van der Waals surface area contributed by atoms with E-state index in [1.165, 1.54) is 7.11 Å². The second kappa shape index (κ2) is 5.01. The molecule has 0 saturated carbocycles. The summed E-state index contributed by atoms with van der Waals surface area (Å²) in [5.41, 5.74) is 0. The van der Waals surface area contributed by atoms with E-state index in [4.69, 9.17) is 19.3 Å². The highest BCUT2D eigenvalue weighted by Crippen LogP contribution is 2.22. The van der Waals surface area contributed by atoms with Gasteiger partial charge in [-0.05, 0) is 6.07 Å². The smallest absolute Gasteiger partial charge is 0.332 e. The van der Waals surface area contributed by atoms with Crippen LogP contribution in [0.1, 0.15) is 6.42 Å². The van der Waals surface area contributed by atoms with Crippen molar-refractivity contribution >= 4 is 5.97 Å². The number of methoxy groups -OCH3 is 1. The second-order valence-electron chi connectivity index (χ2n) is 3.67. The van der Waals surface area contributed by atoms with Gasteiger partial charge < -0.3 is 19.3 Å². The van der Waals surface area contributed by atoms with Gasteiger partial charge in [-0.15, -0.1) is 0 Å². The molecule has 17 heavy (non-hydrogen) atoms. The van der Waals surface area contributed by atoms with Crippen LogP contribution in [0.25, 0.3) is 0 Å². The van der Waals surface area contributed by atoms with Gasteiger partial charge in [0.15, 0.2) is 6.10 Å². The number of carbonyl (C=O) groups is 1. The number of aromatic nitrogens is 1. The molecule has 92 valence electrons. The molecule has 1 saturated heterocycles. The Morgan fingerprint density at radius 2 is 2.47 bits per heavy atom. The maximum absolute atomic E-state index is 10.7. The van der Waals surface area contributed by atoms with E-state index >= 15 is 0 Å². The van der Waals surface area contributed by atoms with Gasteiger partial charge in [-0.1, -0.05) is 0 Å². The topological polar surface area (TPSA) is 77.9 Å². The largest absolute Gasteiger partial charge is 0.488 e. The summed E-state index contributed by atoms with van der Waals surface area (Å²) in [4.78, 5) is 14.6. The van der Waals surface area contributed by atoms with Crippen LogP contribution in [-0.4, -0.2) is 42.0 Å². The van der Waals surface area contributed by atoms with Crippen molar-refractivity contribution in [3.05, 3.63) is 18.3 Å². The van der Waals surface area contributed by atoms with Crippen molar-refractivity contribution < 1.29 is 24.1 Å². The summed E-state index contributed by atoms with van der Waals surface area (Å²) in [6, 6.07) is 3.34. The first kappa shape index (κ1) is 11.7. The van der Waals surface area contributed by atoms with Crippen LogP contribution in [0.5, 0.6) is 11.6 Å². The first-order valence-corrected chi connectivity index (χ1v) is 5.20. The molecule has 0 radical (unpaired) electrons. The molecule has 6 nitrogen and oxygen atoms in total. The quantitative estimate of drug-likeness (QED) is 0.833. The number of hydrogen-bond donors (Lipinski definition) is 1. The van der Waals surface area contributed by atoms with Gasteiger partial charge in [0.25, 0.3) is 0 Å². The van der Waals surface area contributed by atoms with Crippen molar-refractivity contribution in [3.63, 3.8) is 0 Å². The molecule has 1 aromatic heterocycles. The van der Waals surface area contributed by atoms with E-state index in [2.05, 4.69) is 4.98 Å². The van der Waals surface area contributed by atoms with Gasteiger partial charge in [0, 0.05) is 18.7 Å². The second-order valence-corrected chi connectivity index (χ2v) is 3.67. The number of carboxylic acids is 1. The van der Waals surface area contributed by atoms with Crippen molar-refractivity contribution in [1.29, 1.82) is 0 Å². The third-order valence-corrected chi connectivity index (χ3v) is 2.45. The maximum Gasteiger partial charge on any atom is 0.332 e. The molecule has 1 aliphatic rings. The Morgan fingerprint density at radius 1 is 1.65 bits per heavy atom. The van der Waals surface area contributed by atoms with Crippen molar-refractivity contribution in [2.75, 3.05) is 13.7 Å². The molecule has 0 unspecified atom stereocenters. The molecule has 0 aliphatic carbocycles. The molecule has 6 heteroatoms. The number of rotatable bonds is 4. The molecule has 0 bridgehead atoms. The zero-order valence-corrected chi connectivity index (χ0v) is 9.33. The fourth-order valence-electron chi connectivity index (χ4n) is 1.62. The summed E-state index contributed by atoms with van der Waals surface area (Å²) in [6.45, 7) is 0.279. The van der Waals surface area contributed by atoms with Crippen molar-refractivity contribution in [2.45, 2.75) is 18.6 Å². The van der Waals surface area contributed by atoms with Crippen LogP contribution in [0.4, 0.5) is 0 Å². The average molecular weight is 239 g/mol. The average Bonchev–Trinajstić information content (AvgIpc) is 2.78. The van der Waals surface area contributed by atoms with Gasteiger partial charge in [0.2, 0.25) is 5.88 Å². The Labute approximate surface area is 98.1 Å². The summed E-state index contributed by atoms with van der Waals surface area (Å²) in [6.07, 6.45) is 0.894. The summed E-state index contributed by atoms with van der Waals surface area (Å²) in [5.74, 6) is 0.0936. The zero-order chi connectivity index (χ0) is 12.3. The highest BCUT2D eigenvalue weighted by atomic mass is 16.6. The lowest BCUT2D eigenvalue weighted by atomic mass is 10.2. The molecular formula is C11H13NO5. The Bertz CT molecular complexity index is 409. The molecule has 0 aromatic carbocycles. The number of pyridine rings is 1. The van der Waals surface area contributed by atoms with Crippen LogP contribution in [0.2, 0.25) is 0 Å². The number of ether oxygens (including phenoxy) is 3. The molecule has 2 rings (SSSR count). The Kier molecular flexibility index (Phi) is 3.43. The number of nitrogens with zero attached hydrogens (tertiary/aromatic N) is 1. The first-order chi connectivity index (χ1) is 8.19.